The van der Waals surface area contributed by atoms with E-state index >= 15 is 0 Å². The third kappa shape index (κ3) is 5.33. The Kier molecular flexibility index (Phi) is 7.12. The maximum absolute atomic E-state index is 13.9. The lowest BCUT2D eigenvalue weighted by molar-refractivity contribution is 0.208. The van der Waals surface area contributed by atoms with Crippen LogP contribution in [-0.4, -0.2) is 24.0 Å². The summed E-state index contributed by atoms with van der Waals surface area (Å²) in [7, 11) is 0. The van der Waals surface area contributed by atoms with Gasteiger partial charge in [0.15, 0.2) is 0 Å². The lowest BCUT2D eigenvalue weighted by Gasteiger charge is -2.21. The molecule has 5 heteroatoms. The Morgan fingerprint density at radius 1 is 1.29 bits per heavy atom. The van der Waals surface area contributed by atoms with E-state index in [1.54, 1.807) is 4.90 Å². The van der Waals surface area contributed by atoms with Crippen molar-refractivity contribution < 1.29 is 13.6 Å². The summed E-state index contributed by atoms with van der Waals surface area (Å²) in [4.78, 5) is 12.7. The number of carbonyl (C=O) groups is 1. The van der Waals surface area contributed by atoms with Crippen LogP contribution in [0.3, 0.4) is 0 Å². The smallest absolute Gasteiger partial charge is 0.314 e. The summed E-state index contributed by atoms with van der Waals surface area (Å²) in [6.07, 6.45) is 3.26. The Hall–Kier alpha value is -1.65. The van der Waals surface area contributed by atoms with Crippen molar-refractivity contribution in [1.29, 1.82) is 0 Å². The molecule has 1 aromatic carbocycles. The molecule has 0 aliphatic heterocycles. The predicted octanol–water partition coefficient (Wildman–Crippen LogP) is 4.03. The van der Waals surface area contributed by atoms with E-state index in [4.69, 9.17) is 5.73 Å². The summed E-state index contributed by atoms with van der Waals surface area (Å²) in [5.41, 5.74) is 5.82. The largest absolute Gasteiger partial charge is 0.351 e. The van der Waals surface area contributed by atoms with E-state index in [0.29, 0.717) is 18.7 Å². The van der Waals surface area contributed by atoms with E-state index in [2.05, 4.69) is 0 Å². The highest BCUT2D eigenvalue weighted by Gasteiger charge is 2.16. The van der Waals surface area contributed by atoms with Crippen molar-refractivity contribution >= 4 is 6.03 Å². The Labute approximate surface area is 125 Å². The summed E-state index contributed by atoms with van der Waals surface area (Å²) < 4.78 is 26.9. The van der Waals surface area contributed by atoms with E-state index in [9.17, 15) is 13.6 Å². The summed E-state index contributed by atoms with van der Waals surface area (Å²) in [6.45, 7) is 5.04. The number of amides is 2. The minimum absolute atomic E-state index is 0.0437. The first-order chi connectivity index (χ1) is 9.99. The van der Waals surface area contributed by atoms with Gasteiger partial charge in [-0.25, -0.2) is 13.6 Å². The van der Waals surface area contributed by atoms with Gasteiger partial charge >= 0.3 is 6.03 Å². The molecule has 0 fully saturated rings. The normalized spacial score (nSPS) is 12.2. The maximum Gasteiger partial charge on any atom is 0.314 e. The van der Waals surface area contributed by atoms with Crippen molar-refractivity contribution in [2.75, 3.05) is 13.1 Å². The van der Waals surface area contributed by atoms with Gasteiger partial charge < -0.3 is 10.6 Å². The summed E-state index contributed by atoms with van der Waals surface area (Å²) >= 11 is 0. The fourth-order valence-corrected chi connectivity index (χ4v) is 2.59. The average molecular weight is 298 g/mol. The van der Waals surface area contributed by atoms with Crippen LogP contribution < -0.4 is 5.73 Å². The number of primary amides is 1. The summed E-state index contributed by atoms with van der Waals surface area (Å²) in [6, 6.07) is 3.32. The quantitative estimate of drug-likeness (QED) is 0.774. The zero-order valence-electron chi connectivity index (χ0n) is 12.7. The molecule has 1 unspecified atom stereocenters. The molecule has 0 saturated heterocycles. The standard InChI is InChI=1S/C16H24F2N2O/c1-3-6-12(7-5-10-20(4-2)16(19)21)14-9-8-13(17)11-15(14)18/h8-9,11-12H,3-7,10H2,1-2H3,(H2,19,21). The maximum atomic E-state index is 13.9. The van der Waals surface area contributed by atoms with Crippen LogP contribution in [0.25, 0.3) is 0 Å². The number of halogens is 2. The molecule has 2 amide bonds. The van der Waals surface area contributed by atoms with Crippen LogP contribution in [0.2, 0.25) is 0 Å². The van der Waals surface area contributed by atoms with Gasteiger partial charge in [0.2, 0.25) is 0 Å². The Bertz CT molecular complexity index is 466. The number of urea groups is 1. The minimum atomic E-state index is -0.558. The number of nitrogens with zero attached hydrogens (tertiary/aromatic N) is 1. The van der Waals surface area contributed by atoms with E-state index in [1.807, 2.05) is 13.8 Å². The molecule has 21 heavy (non-hydrogen) atoms. The predicted molar refractivity (Wildman–Crippen MR) is 80.1 cm³/mol. The van der Waals surface area contributed by atoms with Gasteiger partial charge in [0, 0.05) is 19.2 Å². The molecular weight excluding hydrogens is 274 g/mol. The highest BCUT2D eigenvalue weighted by atomic mass is 19.1. The summed E-state index contributed by atoms with van der Waals surface area (Å²) in [5.74, 6) is -1.00. The molecule has 0 aliphatic rings. The number of nitrogens with two attached hydrogens (primary N) is 1. The molecule has 2 N–H and O–H groups in total. The molecule has 0 saturated carbocycles. The third-order valence-corrected chi connectivity index (χ3v) is 3.71. The Balaban J connectivity index is 2.67. The molecule has 0 radical (unpaired) electrons. The Morgan fingerprint density at radius 3 is 2.52 bits per heavy atom. The molecule has 3 nitrogen and oxygen atoms in total. The van der Waals surface area contributed by atoms with Crippen molar-refractivity contribution in [3.05, 3.63) is 35.4 Å². The molecule has 0 aliphatic carbocycles. The Morgan fingerprint density at radius 2 is 2.00 bits per heavy atom. The fraction of sp³-hybridized carbons (Fsp3) is 0.562. The van der Waals surface area contributed by atoms with Crippen molar-refractivity contribution in [3.63, 3.8) is 0 Å². The molecule has 0 aromatic heterocycles. The van der Waals surface area contributed by atoms with Gasteiger partial charge in [-0.1, -0.05) is 19.4 Å². The highest BCUT2D eigenvalue weighted by molar-refractivity contribution is 5.71. The van der Waals surface area contributed by atoms with Gasteiger partial charge in [0.1, 0.15) is 11.6 Å². The van der Waals surface area contributed by atoms with Crippen LogP contribution in [0.5, 0.6) is 0 Å². The zero-order valence-corrected chi connectivity index (χ0v) is 12.7. The SMILES string of the molecule is CCCC(CCCN(CC)C(N)=O)c1ccc(F)cc1F. The fourth-order valence-electron chi connectivity index (χ4n) is 2.59. The van der Waals surface area contributed by atoms with E-state index < -0.39 is 17.7 Å². The number of hydrogen-bond acceptors (Lipinski definition) is 1. The third-order valence-electron chi connectivity index (χ3n) is 3.71. The van der Waals surface area contributed by atoms with Crippen LogP contribution in [0.4, 0.5) is 13.6 Å². The first kappa shape index (κ1) is 17.4. The van der Waals surface area contributed by atoms with Gasteiger partial charge in [-0.05, 0) is 43.7 Å². The first-order valence-corrected chi connectivity index (χ1v) is 7.48. The van der Waals surface area contributed by atoms with Gasteiger partial charge in [0.25, 0.3) is 0 Å². The lowest BCUT2D eigenvalue weighted by Crippen LogP contribution is -2.36. The van der Waals surface area contributed by atoms with Crippen molar-refractivity contribution in [3.8, 4) is 0 Å². The number of hydrogen-bond donors (Lipinski definition) is 1. The molecule has 1 rings (SSSR count). The molecular formula is C16H24F2N2O. The number of benzene rings is 1. The van der Waals surface area contributed by atoms with Crippen LogP contribution in [0.1, 0.15) is 51.0 Å². The lowest BCUT2D eigenvalue weighted by atomic mass is 9.89. The highest BCUT2D eigenvalue weighted by Crippen LogP contribution is 2.29. The van der Waals surface area contributed by atoms with Crippen molar-refractivity contribution in [2.45, 2.75) is 45.4 Å². The molecule has 1 aromatic rings. The summed E-state index contributed by atoms with van der Waals surface area (Å²) in [5, 5.41) is 0. The second-order valence-electron chi connectivity index (χ2n) is 5.21. The van der Waals surface area contributed by atoms with Crippen LogP contribution in [0.15, 0.2) is 18.2 Å². The molecule has 0 heterocycles. The van der Waals surface area contributed by atoms with Gasteiger partial charge in [-0.3, -0.25) is 0 Å². The first-order valence-electron chi connectivity index (χ1n) is 7.48. The van der Waals surface area contributed by atoms with E-state index in [-0.39, 0.29) is 5.92 Å². The zero-order chi connectivity index (χ0) is 15.8. The van der Waals surface area contributed by atoms with Crippen LogP contribution >= 0.6 is 0 Å². The average Bonchev–Trinajstić information content (AvgIpc) is 2.42. The molecule has 0 bridgehead atoms. The van der Waals surface area contributed by atoms with Gasteiger partial charge in [0.05, 0.1) is 0 Å². The van der Waals surface area contributed by atoms with Gasteiger partial charge in [-0.15, -0.1) is 0 Å². The topological polar surface area (TPSA) is 46.3 Å². The molecule has 118 valence electrons. The van der Waals surface area contributed by atoms with Crippen LogP contribution in [-0.2, 0) is 0 Å². The van der Waals surface area contributed by atoms with E-state index in [1.165, 1.54) is 12.1 Å². The molecule has 0 spiro atoms. The number of rotatable bonds is 8. The monoisotopic (exact) mass is 298 g/mol. The second-order valence-corrected chi connectivity index (χ2v) is 5.21. The van der Waals surface area contributed by atoms with Crippen LogP contribution in [0, 0.1) is 11.6 Å². The molecule has 1 atom stereocenters. The number of carbonyl (C=O) groups excluding carboxylic acids is 1. The second kappa shape index (κ2) is 8.60. The minimum Gasteiger partial charge on any atom is -0.351 e. The van der Waals surface area contributed by atoms with Crippen molar-refractivity contribution in [2.24, 2.45) is 5.73 Å². The van der Waals surface area contributed by atoms with E-state index in [0.717, 1.165) is 31.7 Å². The van der Waals surface area contributed by atoms with Gasteiger partial charge in [-0.2, -0.15) is 0 Å². The van der Waals surface area contributed by atoms with Crippen molar-refractivity contribution in [1.82, 2.24) is 4.90 Å².